The van der Waals surface area contributed by atoms with E-state index in [9.17, 15) is 9.59 Å². The van der Waals surface area contributed by atoms with Gasteiger partial charge in [0.1, 0.15) is 12.6 Å². The maximum Gasteiger partial charge on any atom is 0.242 e. The Hall–Kier alpha value is -2.28. The summed E-state index contributed by atoms with van der Waals surface area (Å²) >= 11 is 0. The first-order chi connectivity index (χ1) is 12.2. The molecule has 3 rings (SSSR count). The normalized spacial score (nSPS) is 22.5. The quantitative estimate of drug-likeness (QED) is 0.772. The number of nitrogens with one attached hydrogen (secondary N) is 2. The third kappa shape index (κ3) is 4.63. The van der Waals surface area contributed by atoms with E-state index >= 15 is 0 Å². The first-order valence-electron chi connectivity index (χ1n) is 8.64. The molecule has 2 atom stereocenters. The fourth-order valence-corrected chi connectivity index (χ4v) is 3.02. The van der Waals surface area contributed by atoms with Gasteiger partial charge < -0.3 is 24.8 Å². The molecule has 25 heavy (non-hydrogen) atoms. The summed E-state index contributed by atoms with van der Waals surface area (Å²) < 4.78 is 16.7. The minimum atomic E-state index is -0.427. The van der Waals surface area contributed by atoms with Crippen molar-refractivity contribution in [1.29, 1.82) is 0 Å². The van der Waals surface area contributed by atoms with E-state index in [4.69, 9.17) is 14.2 Å². The maximum absolute atomic E-state index is 12.0. The monoisotopic (exact) mass is 348 g/mol. The lowest BCUT2D eigenvalue weighted by Gasteiger charge is -2.15. The van der Waals surface area contributed by atoms with Gasteiger partial charge in [-0.2, -0.15) is 0 Å². The van der Waals surface area contributed by atoms with Crippen molar-refractivity contribution in [2.45, 2.75) is 44.4 Å². The predicted octanol–water partition coefficient (Wildman–Crippen LogP) is 1.15. The SMILES string of the molecule is COc1cc(CNC(=O)C2CCC(=O)N2)ccc1OCC1CCCO1. The molecular weight excluding hydrogens is 324 g/mol. The van der Waals surface area contributed by atoms with Crippen molar-refractivity contribution in [3.63, 3.8) is 0 Å². The van der Waals surface area contributed by atoms with Crippen LogP contribution >= 0.6 is 0 Å². The number of carbonyl (C=O) groups is 2. The third-order valence-electron chi connectivity index (χ3n) is 4.46. The third-order valence-corrected chi connectivity index (χ3v) is 4.46. The average molecular weight is 348 g/mol. The van der Waals surface area contributed by atoms with E-state index in [-0.39, 0.29) is 17.9 Å². The van der Waals surface area contributed by atoms with Crippen LogP contribution in [0, 0.1) is 0 Å². The highest BCUT2D eigenvalue weighted by Crippen LogP contribution is 2.29. The van der Waals surface area contributed by atoms with Crippen molar-refractivity contribution >= 4 is 11.8 Å². The lowest BCUT2D eigenvalue weighted by Crippen LogP contribution is -2.41. The molecule has 2 N–H and O–H groups in total. The molecule has 0 spiro atoms. The zero-order valence-electron chi connectivity index (χ0n) is 14.4. The molecule has 2 heterocycles. The van der Waals surface area contributed by atoms with Crippen molar-refractivity contribution in [3.05, 3.63) is 23.8 Å². The number of amides is 2. The van der Waals surface area contributed by atoms with Gasteiger partial charge in [0, 0.05) is 19.6 Å². The molecule has 2 aliphatic heterocycles. The van der Waals surface area contributed by atoms with Gasteiger partial charge in [0.05, 0.1) is 13.2 Å². The number of carbonyl (C=O) groups excluding carboxylic acids is 2. The smallest absolute Gasteiger partial charge is 0.242 e. The Balaban J connectivity index is 1.53. The highest BCUT2D eigenvalue weighted by atomic mass is 16.5. The van der Waals surface area contributed by atoms with Crippen LogP contribution in [0.5, 0.6) is 11.5 Å². The highest BCUT2D eigenvalue weighted by Gasteiger charge is 2.26. The Labute approximate surface area is 147 Å². The standard InChI is InChI=1S/C18H24N2O5/c1-23-16-9-12(10-19-18(22)14-5-7-17(21)20-14)4-6-15(16)25-11-13-3-2-8-24-13/h4,6,9,13-14H,2-3,5,7-8,10-11H2,1H3,(H,19,22)(H,20,21). The number of ether oxygens (including phenoxy) is 3. The second-order valence-electron chi connectivity index (χ2n) is 6.31. The molecule has 136 valence electrons. The topological polar surface area (TPSA) is 85.9 Å². The molecule has 2 aliphatic rings. The molecule has 2 saturated heterocycles. The van der Waals surface area contributed by atoms with Crippen LogP contribution < -0.4 is 20.1 Å². The summed E-state index contributed by atoms with van der Waals surface area (Å²) in [6.45, 7) is 1.67. The zero-order chi connectivity index (χ0) is 17.6. The van der Waals surface area contributed by atoms with Crippen LogP contribution in [0.2, 0.25) is 0 Å². The Kier molecular flexibility index (Phi) is 5.75. The summed E-state index contributed by atoms with van der Waals surface area (Å²) in [5, 5.41) is 5.50. The molecule has 2 amide bonds. The number of hydrogen-bond donors (Lipinski definition) is 2. The van der Waals surface area contributed by atoms with Gasteiger partial charge in [0.15, 0.2) is 11.5 Å². The molecule has 2 fully saturated rings. The highest BCUT2D eigenvalue weighted by molar-refractivity contribution is 5.90. The first kappa shape index (κ1) is 17.5. The lowest BCUT2D eigenvalue weighted by molar-refractivity contribution is -0.125. The van der Waals surface area contributed by atoms with Crippen molar-refractivity contribution in [2.75, 3.05) is 20.3 Å². The van der Waals surface area contributed by atoms with Gasteiger partial charge in [-0.05, 0) is 37.0 Å². The minimum absolute atomic E-state index is 0.0745. The van der Waals surface area contributed by atoms with Crippen molar-refractivity contribution in [3.8, 4) is 11.5 Å². The number of hydrogen-bond acceptors (Lipinski definition) is 5. The summed E-state index contributed by atoms with van der Waals surface area (Å²) in [6.07, 6.45) is 3.19. The van der Waals surface area contributed by atoms with E-state index in [1.54, 1.807) is 7.11 Å². The minimum Gasteiger partial charge on any atom is -0.493 e. The second kappa shape index (κ2) is 8.20. The lowest BCUT2D eigenvalue weighted by atomic mass is 10.1. The van der Waals surface area contributed by atoms with Crippen LogP contribution in [-0.2, 0) is 20.9 Å². The van der Waals surface area contributed by atoms with E-state index in [1.807, 2.05) is 18.2 Å². The van der Waals surface area contributed by atoms with Crippen molar-refractivity contribution in [1.82, 2.24) is 10.6 Å². The van der Waals surface area contributed by atoms with Gasteiger partial charge in [-0.25, -0.2) is 0 Å². The molecule has 0 saturated carbocycles. The van der Waals surface area contributed by atoms with Crippen molar-refractivity contribution in [2.24, 2.45) is 0 Å². The molecule has 2 unspecified atom stereocenters. The van der Waals surface area contributed by atoms with E-state index in [0.717, 1.165) is 25.0 Å². The van der Waals surface area contributed by atoms with Crippen LogP contribution in [0.3, 0.4) is 0 Å². The first-order valence-corrected chi connectivity index (χ1v) is 8.64. The van der Waals surface area contributed by atoms with Crippen LogP contribution in [0.25, 0.3) is 0 Å². The molecule has 0 bridgehead atoms. The summed E-state index contributed by atoms with van der Waals surface area (Å²) in [5.74, 6) is 1.05. The van der Waals surface area contributed by atoms with Gasteiger partial charge in [-0.3, -0.25) is 9.59 Å². The Morgan fingerprint density at radius 1 is 1.36 bits per heavy atom. The maximum atomic E-state index is 12.0. The Bertz CT molecular complexity index is 628. The molecule has 0 aromatic heterocycles. The van der Waals surface area contributed by atoms with Crippen LogP contribution in [0.4, 0.5) is 0 Å². The van der Waals surface area contributed by atoms with E-state index in [0.29, 0.717) is 37.5 Å². The Morgan fingerprint density at radius 2 is 2.24 bits per heavy atom. The van der Waals surface area contributed by atoms with E-state index in [2.05, 4.69) is 10.6 Å². The average Bonchev–Trinajstić information content (AvgIpc) is 3.29. The predicted molar refractivity (Wildman–Crippen MR) is 90.5 cm³/mol. The number of methoxy groups -OCH3 is 1. The molecule has 0 aliphatic carbocycles. The second-order valence-corrected chi connectivity index (χ2v) is 6.31. The molecule has 7 heteroatoms. The van der Waals surface area contributed by atoms with Crippen LogP contribution in [0.1, 0.15) is 31.2 Å². The zero-order valence-corrected chi connectivity index (χ0v) is 14.4. The molecular formula is C18H24N2O5. The summed E-state index contributed by atoms with van der Waals surface area (Å²) in [5.41, 5.74) is 0.902. The molecule has 0 radical (unpaired) electrons. The van der Waals surface area contributed by atoms with E-state index < -0.39 is 6.04 Å². The van der Waals surface area contributed by atoms with Gasteiger partial charge in [0.2, 0.25) is 11.8 Å². The van der Waals surface area contributed by atoms with Gasteiger partial charge in [-0.1, -0.05) is 6.07 Å². The molecule has 7 nitrogen and oxygen atoms in total. The largest absolute Gasteiger partial charge is 0.493 e. The van der Waals surface area contributed by atoms with Gasteiger partial charge in [-0.15, -0.1) is 0 Å². The summed E-state index contributed by atoms with van der Waals surface area (Å²) in [4.78, 5) is 23.2. The number of rotatable bonds is 7. The molecule has 1 aromatic rings. The van der Waals surface area contributed by atoms with Crippen molar-refractivity contribution < 1.29 is 23.8 Å². The number of benzene rings is 1. The van der Waals surface area contributed by atoms with Crippen LogP contribution in [-0.4, -0.2) is 44.3 Å². The summed E-state index contributed by atoms with van der Waals surface area (Å²) in [7, 11) is 1.59. The fraction of sp³-hybridized carbons (Fsp3) is 0.556. The van der Waals surface area contributed by atoms with E-state index in [1.165, 1.54) is 0 Å². The van der Waals surface area contributed by atoms with Gasteiger partial charge in [0.25, 0.3) is 0 Å². The summed E-state index contributed by atoms with van der Waals surface area (Å²) in [6, 6.07) is 5.15. The molecule has 1 aromatic carbocycles. The van der Waals surface area contributed by atoms with Gasteiger partial charge >= 0.3 is 0 Å². The fourth-order valence-electron chi connectivity index (χ4n) is 3.02. The Morgan fingerprint density at radius 3 is 2.92 bits per heavy atom. The van der Waals surface area contributed by atoms with Crippen LogP contribution in [0.15, 0.2) is 18.2 Å².